The van der Waals surface area contributed by atoms with E-state index >= 15 is 0 Å². The number of carbonyl (C=O) groups is 3. The quantitative estimate of drug-likeness (QED) is 0.439. The lowest BCUT2D eigenvalue weighted by Gasteiger charge is -2.34. The van der Waals surface area contributed by atoms with Crippen LogP contribution in [0.25, 0.3) is 0 Å². The van der Waals surface area contributed by atoms with Gasteiger partial charge in [0.15, 0.2) is 5.76 Å². The number of dihydropyridines is 1. The highest BCUT2D eigenvalue weighted by atomic mass is 35.5. The number of allylic oxidation sites excluding steroid dienone is 2. The van der Waals surface area contributed by atoms with Crippen molar-refractivity contribution in [1.29, 1.82) is 0 Å². The molecule has 2 aliphatic rings. The third kappa shape index (κ3) is 6.54. The second-order valence-electron chi connectivity index (χ2n) is 9.98. The number of hydrogen-bond acceptors (Lipinski definition) is 8. The van der Waals surface area contributed by atoms with Crippen LogP contribution in [0.4, 0.5) is 0 Å². The smallest absolute Gasteiger partial charge is 0.337 e. The lowest BCUT2D eigenvalue weighted by atomic mass is 9.80. The molecule has 1 unspecified atom stereocenters. The van der Waals surface area contributed by atoms with Gasteiger partial charge in [0.05, 0.1) is 39.5 Å². The lowest BCUT2D eigenvalue weighted by Crippen LogP contribution is -2.49. The molecule has 1 aromatic heterocycles. The molecule has 9 nitrogen and oxygen atoms in total. The van der Waals surface area contributed by atoms with Gasteiger partial charge < -0.3 is 24.1 Å². The Hall–Kier alpha value is -3.27. The van der Waals surface area contributed by atoms with Crippen LogP contribution in [0.2, 0.25) is 10.0 Å². The minimum Gasteiger partial charge on any atom is -0.461 e. The Balaban J connectivity index is 1.46. The first kappa shape index (κ1) is 29.7. The number of amides is 1. The number of rotatable bonds is 8. The molecule has 1 atom stereocenters. The van der Waals surface area contributed by atoms with Crippen LogP contribution in [-0.4, -0.2) is 73.1 Å². The van der Waals surface area contributed by atoms with Gasteiger partial charge in [0.2, 0.25) is 0 Å². The van der Waals surface area contributed by atoms with Crippen LogP contribution in [0, 0.1) is 0 Å². The predicted octanol–water partition coefficient (Wildman–Crippen LogP) is 4.77. The molecule has 2 aliphatic heterocycles. The zero-order valence-electron chi connectivity index (χ0n) is 23.0. The molecule has 1 saturated heterocycles. The first-order chi connectivity index (χ1) is 19.1. The number of nitrogens with one attached hydrogen (secondary N) is 1. The molecule has 40 heavy (non-hydrogen) atoms. The fraction of sp³-hybridized carbons (Fsp3) is 0.414. The number of piperazine rings is 1. The summed E-state index contributed by atoms with van der Waals surface area (Å²) in [7, 11) is 0. The summed E-state index contributed by atoms with van der Waals surface area (Å²) in [6.07, 6.45) is 1.12. The van der Waals surface area contributed by atoms with E-state index < -0.39 is 17.9 Å². The van der Waals surface area contributed by atoms with Crippen molar-refractivity contribution in [2.24, 2.45) is 0 Å². The maximum atomic E-state index is 13.5. The van der Waals surface area contributed by atoms with Gasteiger partial charge in [-0.15, -0.1) is 0 Å². The van der Waals surface area contributed by atoms with E-state index in [1.54, 1.807) is 62.9 Å². The molecular weight excluding hydrogens is 557 g/mol. The van der Waals surface area contributed by atoms with Crippen LogP contribution in [0.1, 0.15) is 49.7 Å². The minimum absolute atomic E-state index is 0.131. The number of furan rings is 1. The Bertz CT molecular complexity index is 1330. The van der Waals surface area contributed by atoms with E-state index in [1.807, 2.05) is 0 Å². The number of halogens is 2. The standard InChI is InChI=1S/C29H33Cl2N3O6/c1-17(2)40-29(37)24-19(4)32-18(3)23(25(24)20-7-5-8-21(30)26(20)31)28(36)39-16-14-33-10-12-34(13-11-33)27(35)22-9-6-15-38-22/h5-9,15,17,25,32H,10-14,16H2,1-4H3. The van der Waals surface area contributed by atoms with Crippen molar-refractivity contribution >= 4 is 41.0 Å². The van der Waals surface area contributed by atoms with E-state index in [4.69, 9.17) is 37.1 Å². The fourth-order valence-corrected chi connectivity index (χ4v) is 5.36. The van der Waals surface area contributed by atoms with Crippen molar-refractivity contribution in [2.45, 2.75) is 39.7 Å². The Labute approximate surface area is 243 Å². The summed E-state index contributed by atoms with van der Waals surface area (Å²) in [5, 5.41) is 3.70. The minimum atomic E-state index is -0.831. The van der Waals surface area contributed by atoms with Gasteiger partial charge in [-0.1, -0.05) is 35.3 Å². The van der Waals surface area contributed by atoms with Crippen LogP contribution in [0.5, 0.6) is 0 Å². The molecule has 1 amide bonds. The number of benzene rings is 1. The molecule has 3 heterocycles. The first-order valence-corrected chi connectivity index (χ1v) is 13.9. The van der Waals surface area contributed by atoms with E-state index in [-0.39, 0.29) is 34.8 Å². The zero-order chi connectivity index (χ0) is 29.0. The molecular formula is C29H33Cl2N3O6. The van der Waals surface area contributed by atoms with Crippen molar-refractivity contribution in [3.63, 3.8) is 0 Å². The van der Waals surface area contributed by atoms with Crippen molar-refractivity contribution in [1.82, 2.24) is 15.1 Å². The van der Waals surface area contributed by atoms with E-state index in [2.05, 4.69) is 10.2 Å². The average molecular weight is 591 g/mol. The van der Waals surface area contributed by atoms with Crippen molar-refractivity contribution in [2.75, 3.05) is 39.3 Å². The van der Waals surface area contributed by atoms with Gasteiger partial charge in [-0.3, -0.25) is 9.69 Å². The van der Waals surface area contributed by atoms with E-state index in [0.717, 1.165) is 0 Å². The Morgan fingerprint density at radius 1 is 1.00 bits per heavy atom. The summed E-state index contributed by atoms with van der Waals surface area (Å²) >= 11 is 12.9. The SMILES string of the molecule is CC1=C(C(=O)OCCN2CCN(C(=O)c3ccco3)CC2)C(c2cccc(Cl)c2Cl)C(C(=O)OC(C)C)=C(C)N1. The third-order valence-corrected chi connectivity index (χ3v) is 7.70. The van der Waals surface area contributed by atoms with Gasteiger partial charge in [0.1, 0.15) is 6.61 Å². The first-order valence-electron chi connectivity index (χ1n) is 13.1. The second-order valence-corrected chi connectivity index (χ2v) is 10.8. The molecule has 0 bridgehead atoms. The van der Waals surface area contributed by atoms with Gasteiger partial charge in [-0.05, 0) is 51.5 Å². The molecule has 0 radical (unpaired) electrons. The van der Waals surface area contributed by atoms with Crippen LogP contribution < -0.4 is 5.32 Å². The van der Waals surface area contributed by atoms with Crippen molar-refractivity contribution in [3.8, 4) is 0 Å². The largest absolute Gasteiger partial charge is 0.461 e. The number of carbonyl (C=O) groups excluding carboxylic acids is 3. The van der Waals surface area contributed by atoms with Crippen LogP contribution >= 0.6 is 23.2 Å². The number of hydrogen-bond donors (Lipinski definition) is 1. The summed E-state index contributed by atoms with van der Waals surface area (Å²) in [4.78, 5) is 43.2. The average Bonchev–Trinajstić information content (AvgIpc) is 3.44. The molecule has 1 aromatic carbocycles. The summed E-state index contributed by atoms with van der Waals surface area (Å²) in [6.45, 7) is 10.0. The van der Waals surface area contributed by atoms with E-state index in [9.17, 15) is 14.4 Å². The molecule has 1 N–H and O–H groups in total. The van der Waals surface area contributed by atoms with Crippen LogP contribution in [0.15, 0.2) is 63.6 Å². The van der Waals surface area contributed by atoms with Gasteiger partial charge in [-0.2, -0.15) is 0 Å². The monoisotopic (exact) mass is 589 g/mol. The molecule has 214 valence electrons. The van der Waals surface area contributed by atoms with E-state index in [1.165, 1.54) is 6.26 Å². The predicted molar refractivity (Wildman–Crippen MR) is 151 cm³/mol. The summed E-state index contributed by atoms with van der Waals surface area (Å²) in [5.41, 5.74) is 2.15. The summed E-state index contributed by atoms with van der Waals surface area (Å²) in [6, 6.07) is 8.45. The van der Waals surface area contributed by atoms with Crippen molar-refractivity contribution < 1.29 is 28.3 Å². The highest BCUT2D eigenvalue weighted by Crippen LogP contribution is 2.43. The topological polar surface area (TPSA) is 101 Å². The van der Waals surface area contributed by atoms with Crippen molar-refractivity contribution in [3.05, 3.63) is 80.5 Å². The van der Waals surface area contributed by atoms with Gasteiger partial charge in [0, 0.05) is 44.1 Å². The normalized spacial score (nSPS) is 18.2. The third-order valence-electron chi connectivity index (χ3n) is 6.87. The molecule has 0 aliphatic carbocycles. The highest BCUT2D eigenvalue weighted by molar-refractivity contribution is 6.42. The number of ether oxygens (including phenoxy) is 2. The number of nitrogens with zero attached hydrogens (tertiary/aromatic N) is 2. The van der Waals surface area contributed by atoms with Crippen LogP contribution in [0.3, 0.4) is 0 Å². The molecule has 0 spiro atoms. The second kappa shape index (κ2) is 12.9. The summed E-state index contributed by atoms with van der Waals surface area (Å²) < 4.78 is 16.5. The maximum Gasteiger partial charge on any atom is 0.337 e. The molecule has 2 aromatic rings. The molecule has 1 fully saturated rings. The molecule has 0 saturated carbocycles. The maximum absolute atomic E-state index is 13.5. The van der Waals surface area contributed by atoms with E-state index in [0.29, 0.717) is 60.5 Å². The Morgan fingerprint density at radius 2 is 1.68 bits per heavy atom. The molecule has 11 heteroatoms. The fourth-order valence-electron chi connectivity index (χ4n) is 4.94. The van der Waals surface area contributed by atoms with Gasteiger partial charge >= 0.3 is 11.9 Å². The van der Waals surface area contributed by atoms with Gasteiger partial charge in [-0.25, -0.2) is 9.59 Å². The highest BCUT2D eigenvalue weighted by Gasteiger charge is 2.39. The Morgan fingerprint density at radius 3 is 2.30 bits per heavy atom. The molecule has 4 rings (SSSR count). The summed E-state index contributed by atoms with van der Waals surface area (Å²) in [5.74, 6) is -1.77. The lowest BCUT2D eigenvalue weighted by molar-refractivity contribution is -0.143. The Kier molecular flexibility index (Phi) is 9.60. The van der Waals surface area contributed by atoms with Gasteiger partial charge in [0.25, 0.3) is 5.91 Å². The zero-order valence-corrected chi connectivity index (χ0v) is 24.5. The van der Waals surface area contributed by atoms with Crippen LogP contribution in [-0.2, 0) is 19.1 Å². The number of esters is 2.